The van der Waals surface area contributed by atoms with Crippen LogP contribution in [0.2, 0.25) is 0 Å². The monoisotopic (exact) mass is 223 g/mol. The van der Waals surface area contributed by atoms with Gasteiger partial charge in [-0.15, -0.1) is 0 Å². The van der Waals surface area contributed by atoms with Gasteiger partial charge in [0, 0.05) is 31.8 Å². The van der Waals surface area contributed by atoms with Crippen molar-refractivity contribution >= 4 is 5.82 Å². The fourth-order valence-corrected chi connectivity index (χ4v) is 1.51. The quantitative estimate of drug-likeness (QED) is 0.768. The van der Waals surface area contributed by atoms with Crippen molar-refractivity contribution in [2.24, 2.45) is 0 Å². The number of aromatic nitrogens is 2. The molecule has 1 heterocycles. The van der Waals surface area contributed by atoms with E-state index in [9.17, 15) is 0 Å². The molecule has 0 saturated carbocycles. The smallest absolute Gasteiger partial charge is 0.133 e. The van der Waals surface area contributed by atoms with Gasteiger partial charge in [0.15, 0.2) is 0 Å². The van der Waals surface area contributed by atoms with Crippen LogP contribution in [0.1, 0.15) is 31.8 Å². The second-order valence-electron chi connectivity index (χ2n) is 3.68. The molecule has 90 valence electrons. The highest BCUT2D eigenvalue weighted by Crippen LogP contribution is 2.09. The maximum atomic E-state index is 5.05. The molecule has 1 aromatic heterocycles. The highest BCUT2D eigenvalue weighted by Gasteiger charge is 2.03. The van der Waals surface area contributed by atoms with Crippen molar-refractivity contribution in [3.05, 3.63) is 17.6 Å². The van der Waals surface area contributed by atoms with E-state index in [1.165, 1.54) is 0 Å². The van der Waals surface area contributed by atoms with Crippen LogP contribution in [0.3, 0.4) is 0 Å². The molecule has 0 fully saturated rings. The number of aryl methyl sites for hydroxylation is 1. The van der Waals surface area contributed by atoms with Gasteiger partial charge in [-0.1, -0.05) is 13.3 Å². The second kappa shape index (κ2) is 7.17. The number of anilines is 1. The van der Waals surface area contributed by atoms with E-state index in [1.54, 1.807) is 7.11 Å². The topological polar surface area (TPSA) is 47.0 Å². The normalized spacial score (nSPS) is 10.4. The Morgan fingerprint density at radius 3 is 2.69 bits per heavy atom. The predicted molar refractivity (Wildman–Crippen MR) is 65.8 cm³/mol. The minimum Gasteiger partial charge on any atom is -0.384 e. The van der Waals surface area contributed by atoms with Crippen LogP contribution in [-0.4, -0.2) is 30.2 Å². The Kier molecular flexibility index (Phi) is 5.78. The molecule has 1 rings (SSSR count). The van der Waals surface area contributed by atoms with E-state index >= 15 is 0 Å². The Labute approximate surface area is 97.5 Å². The largest absolute Gasteiger partial charge is 0.384 e. The first-order valence-electron chi connectivity index (χ1n) is 5.89. The Balaban J connectivity index is 2.80. The van der Waals surface area contributed by atoms with E-state index in [-0.39, 0.29) is 0 Å². The Hall–Kier alpha value is -1.16. The van der Waals surface area contributed by atoms with Crippen LogP contribution in [0.5, 0.6) is 0 Å². The first-order chi connectivity index (χ1) is 7.80. The van der Waals surface area contributed by atoms with E-state index in [0.717, 1.165) is 43.1 Å². The number of ether oxygens (including phenoxy) is 1. The summed E-state index contributed by atoms with van der Waals surface area (Å²) in [5.41, 5.74) is 1.11. The standard InChI is InChI=1S/C12H21N3O/c1-4-6-10-9-12(13-5-2)15-11(14-10)7-8-16-3/h9H,4-8H2,1-3H3,(H,13,14,15). The van der Waals surface area contributed by atoms with Gasteiger partial charge in [-0.3, -0.25) is 0 Å². The van der Waals surface area contributed by atoms with E-state index in [1.807, 2.05) is 6.07 Å². The van der Waals surface area contributed by atoms with E-state index in [2.05, 4.69) is 29.1 Å². The molecule has 0 atom stereocenters. The third-order valence-corrected chi connectivity index (χ3v) is 2.22. The van der Waals surface area contributed by atoms with Crippen molar-refractivity contribution in [3.8, 4) is 0 Å². The van der Waals surface area contributed by atoms with Crippen LogP contribution in [0, 0.1) is 0 Å². The van der Waals surface area contributed by atoms with Crippen molar-refractivity contribution in [3.63, 3.8) is 0 Å². The van der Waals surface area contributed by atoms with Crippen molar-refractivity contribution in [2.45, 2.75) is 33.1 Å². The number of methoxy groups -OCH3 is 1. The molecule has 0 aromatic carbocycles. The molecule has 16 heavy (non-hydrogen) atoms. The molecule has 0 amide bonds. The minimum absolute atomic E-state index is 0.668. The summed E-state index contributed by atoms with van der Waals surface area (Å²) in [6, 6.07) is 2.03. The Morgan fingerprint density at radius 2 is 2.06 bits per heavy atom. The zero-order valence-corrected chi connectivity index (χ0v) is 10.4. The summed E-state index contributed by atoms with van der Waals surface area (Å²) < 4.78 is 5.05. The van der Waals surface area contributed by atoms with Crippen molar-refractivity contribution in [1.82, 2.24) is 9.97 Å². The Bertz CT molecular complexity index is 291. The van der Waals surface area contributed by atoms with Gasteiger partial charge in [0.25, 0.3) is 0 Å². The number of hydrogen-bond donors (Lipinski definition) is 1. The number of nitrogens with zero attached hydrogens (tertiary/aromatic N) is 2. The van der Waals surface area contributed by atoms with Gasteiger partial charge in [0.1, 0.15) is 11.6 Å². The lowest BCUT2D eigenvalue weighted by molar-refractivity contribution is 0.200. The molecule has 0 radical (unpaired) electrons. The molecule has 1 aromatic rings. The highest BCUT2D eigenvalue weighted by atomic mass is 16.5. The molecule has 4 heteroatoms. The fourth-order valence-electron chi connectivity index (χ4n) is 1.51. The summed E-state index contributed by atoms with van der Waals surface area (Å²) in [6.45, 7) is 5.77. The van der Waals surface area contributed by atoms with Crippen LogP contribution < -0.4 is 5.32 Å². The molecule has 0 unspecified atom stereocenters. The van der Waals surface area contributed by atoms with Gasteiger partial charge >= 0.3 is 0 Å². The fraction of sp³-hybridized carbons (Fsp3) is 0.667. The summed E-state index contributed by atoms with van der Waals surface area (Å²) in [5.74, 6) is 1.79. The molecule has 0 aliphatic heterocycles. The maximum Gasteiger partial charge on any atom is 0.133 e. The number of rotatable bonds is 7. The van der Waals surface area contributed by atoms with E-state index in [4.69, 9.17) is 4.74 Å². The van der Waals surface area contributed by atoms with E-state index < -0.39 is 0 Å². The molecule has 0 spiro atoms. The molecule has 0 aliphatic rings. The van der Waals surface area contributed by atoms with Crippen LogP contribution in [0.4, 0.5) is 5.82 Å². The van der Waals surface area contributed by atoms with Gasteiger partial charge in [-0.05, 0) is 13.3 Å². The van der Waals surface area contributed by atoms with Crippen molar-refractivity contribution in [1.29, 1.82) is 0 Å². The van der Waals surface area contributed by atoms with E-state index in [0.29, 0.717) is 6.61 Å². The molecule has 0 saturated heterocycles. The van der Waals surface area contributed by atoms with Gasteiger partial charge in [-0.25, -0.2) is 9.97 Å². The molecular weight excluding hydrogens is 202 g/mol. The SMILES string of the molecule is CCCc1cc(NCC)nc(CCOC)n1. The van der Waals surface area contributed by atoms with Gasteiger partial charge in [0.2, 0.25) is 0 Å². The van der Waals surface area contributed by atoms with Gasteiger partial charge < -0.3 is 10.1 Å². The maximum absolute atomic E-state index is 5.05. The first kappa shape index (κ1) is 12.9. The third kappa shape index (κ3) is 4.14. The molecular formula is C12H21N3O. The number of nitrogens with one attached hydrogen (secondary N) is 1. The van der Waals surface area contributed by atoms with Crippen LogP contribution in [0.25, 0.3) is 0 Å². The lowest BCUT2D eigenvalue weighted by Gasteiger charge is -2.08. The summed E-state index contributed by atoms with van der Waals surface area (Å²) in [7, 11) is 1.70. The average molecular weight is 223 g/mol. The molecule has 0 aliphatic carbocycles. The third-order valence-electron chi connectivity index (χ3n) is 2.22. The average Bonchev–Trinajstić information content (AvgIpc) is 2.27. The lowest BCUT2D eigenvalue weighted by Crippen LogP contribution is -2.08. The highest BCUT2D eigenvalue weighted by molar-refractivity contribution is 5.36. The number of hydrogen-bond acceptors (Lipinski definition) is 4. The summed E-state index contributed by atoms with van der Waals surface area (Å²) in [6.07, 6.45) is 2.87. The zero-order chi connectivity index (χ0) is 11.8. The van der Waals surface area contributed by atoms with Crippen molar-refractivity contribution < 1.29 is 4.74 Å². The predicted octanol–water partition coefficient (Wildman–Crippen LogP) is 2.05. The minimum atomic E-state index is 0.668. The Morgan fingerprint density at radius 1 is 1.25 bits per heavy atom. The van der Waals surface area contributed by atoms with Crippen LogP contribution in [-0.2, 0) is 17.6 Å². The first-order valence-corrected chi connectivity index (χ1v) is 5.89. The molecule has 1 N–H and O–H groups in total. The van der Waals surface area contributed by atoms with Crippen LogP contribution in [0.15, 0.2) is 6.07 Å². The molecule has 4 nitrogen and oxygen atoms in total. The van der Waals surface area contributed by atoms with Gasteiger partial charge in [0.05, 0.1) is 6.61 Å². The van der Waals surface area contributed by atoms with Gasteiger partial charge in [-0.2, -0.15) is 0 Å². The summed E-state index contributed by atoms with van der Waals surface area (Å²) in [4.78, 5) is 8.95. The summed E-state index contributed by atoms with van der Waals surface area (Å²) >= 11 is 0. The summed E-state index contributed by atoms with van der Waals surface area (Å²) in [5, 5.41) is 3.23. The van der Waals surface area contributed by atoms with Crippen molar-refractivity contribution in [2.75, 3.05) is 25.6 Å². The zero-order valence-electron chi connectivity index (χ0n) is 10.4. The molecule has 0 bridgehead atoms. The van der Waals surface area contributed by atoms with Crippen LogP contribution >= 0.6 is 0 Å². The lowest BCUT2D eigenvalue weighted by atomic mass is 10.2. The second-order valence-corrected chi connectivity index (χ2v) is 3.68.